The topological polar surface area (TPSA) is 64.6 Å². The second-order valence-electron chi connectivity index (χ2n) is 5.95. The molecule has 0 heterocycles. The Labute approximate surface area is 132 Å². The quantitative estimate of drug-likeness (QED) is 0.647. The summed E-state index contributed by atoms with van der Waals surface area (Å²) in [6.45, 7) is 8.20. The van der Waals surface area contributed by atoms with Crippen molar-refractivity contribution in [1.82, 2.24) is 5.32 Å². The van der Waals surface area contributed by atoms with E-state index in [1.54, 1.807) is 19.1 Å². The van der Waals surface area contributed by atoms with E-state index in [2.05, 4.69) is 5.32 Å². The molecule has 22 heavy (non-hydrogen) atoms. The number of ether oxygens (including phenoxy) is 2. The van der Waals surface area contributed by atoms with Gasteiger partial charge in [-0.1, -0.05) is 12.1 Å². The Hall–Kier alpha value is -2.04. The van der Waals surface area contributed by atoms with Crippen molar-refractivity contribution >= 4 is 12.1 Å². The number of carbonyl (C=O) groups is 2. The minimum absolute atomic E-state index is 0.305. The van der Waals surface area contributed by atoms with E-state index in [9.17, 15) is 9.59 Å². The monoisotopic (exact) mass is 307 g/mol. The molecule has 0 atom stereocenters. The molecule has 0 aliphatic carbocycles. The van der Waals surface area contributed by atoms with Gasteiger partial charge in [0.25, 0.3) is 0 Å². The molecule has 0 aliphatic heterocycles. The van der Waals surface area contributed by atoms with Crippen molar-refractivity contribution < 1.29 is 19.1 Å². The van der Waals surface area contributed by atoms with Crippen LogP contribution in [-0.2, 0) is 15.9 Å². The zero-order valence-corrected chi connectivity index (χ0v) is 13.8. The van der Waals surface area contributed by atoms with Crippen LogP contribution in [0.15, 0.2) is 24.3 Å². The average molecular weight is 307 g/mol. The minimum Gasteiger partial charge on any atom is -0.462 e. The van der Waals surface area contributed by atoms with E-state index in [1.165, 1.54) is 0 Å². The first kappa shape index (κ1) is 18.0. The van der Waals surface area contributed by atoms with Crippen molar-refractivity contribution in [2.45, 2.75) is 46.1 Å². The highest BCUT2D eigenvalue weighted by atomic mass is 16.6. The summed E-state index contributed by atoms with van der Waals surface area (Å²) in [6, 6.07) is 7.32. The van der Waals surface area contributed by atoms with Crippen LogP contribution in [0, 0.1) is 0 Å². The number of aryl methyl sites for hydroxylation is 1. The number of hydrogen-bond acceptors (Lipinski definition) is 4. The largest absolute Gasteiger partial charge is 0.462 e. The second-order valence-corrected chi connectivity index (χ2v) is 5.95. The molecule has 0 saturated carbocycles. The van der Waals surface area contributed by atoms with E-state index in [1.807, 2.05) is 32.9 Å². The normalized spacial score (nSPS) is 10.9. The van der Waals surface area contributed by atoms with Crippen molar-refractivity contribution in [1.29, 1.82) is 0 Å². The molecule has 1 aromatic rings. The van der Waals surface area contributed by atoms with Gasteiger partial charge in [0.1, 0.15) is 5.60 Å². The summed E-state index contributed by atoms with van der Waals surface area (Å²) < 4.78 is 10.1. The van der Waals surface area contributed by atoms with Gasteiger partial charge in [0.15, 0.2) is 0 Å². The van der Waals surface area contributed by atoms with E-state index in [-0.39, 0.29) is 5.97 Å². The molecule has 1 rings (SSSR count). The fourth-order valence-electron chi connectivity index (χ4n) is 1.82. The molecule has 0 radical (unpaired) electrons. The summed E-state index contributed by atoms with van der Waals surface area (Å²) in [7, 11) is 0. The predicted molar refractivity (Wildman–Crippen MR) is 85.0 cm³/mol. The van der Waals surface area contributed by atoms with Crippen molar-refractivity contribution in [2.24, 2.45) is 0 Å². The Morgan fingerprint density at radius 1 is 1.14 bits per heavy atom. The van der Waals surface area contributed by atoms with E-state index in [0.29, 0.717) is 18.7 Å². The van der Waals surface area contributed by atoms with Crippen LogP contribution in [0.2, 0.25) is 0 Å². The molecule has 122 valence electrons. The standard InChI is InChI=1S/C17H25NO4/c1-5-21-15(19)14-10-8-13(9-11-14)7-6-12-18-16(20)22-17(2,3)4/h8-11H,5-7,12H2,1-4H3,(H,18,20). The average Bonchev–Trinajstić information content (AvgIpc) is 2.42. The number of carbonyl (C=O) groups excluding carboxylic acids is 2. The Bertz CT molecular complexity index is 488. The molecule has 1 amide bonds. The van der Waals surface area contributed by atoms with Gasteiger partial charge in [-0.2, -0.15) is 0 Å². The van der Waals surface area contributed by atoms with Crippen LogP contribution in [0.3, 0.4) is 0 Å². The fraction of sp³-hybridized carbons (Fsp3) is 0.529. The number of amides is 1. The number of hydrogen-bond donors (Lipinski definition) is 1. The number of rotatable bonds is 6. The van der Waals surface area contributed by atoms with Gasteiger partial charge in [0, 0.05) is 6.54 Å². The van der Waals surface area contributed by atoms with Crippen LogP contribution in [0.1, 0.15) is 50.0 Å². The molecule has 0 bridgehead atoms. The van der Waals surface area contributed by atoms with Gasteiger partial charge in [-0.15, -0.1) is 0 Å². The van der Waals surface area contributed by atoms with Crippen molar-refractivity contribution in [3.05, 3.63) is 35.4 Å². The van der Waals surface area contributed by atoms with Crippen LogP contribution >= 0.6 is 0 Å². The number of alkyl carbamates (subject to hydrolysis) is 1. The minimum atomic E-state index is -0.479. The zero-order valence-electron chi connectivity index (χ0n) is 13.8. The Kier molecular flexibility index (Phi) is 6.89. The van der Waals surface area contributed by atoms with E-state index in [4.69, 9.17) is 9.47 Å². The summed E-state index contributed by atoms with van der Waals surface area (Å²) in [5, 5.41) is 2.72. The van der Waals surface area contributed by atoms with Gasteiger partial charge >= 0.3 is 12.1 Å². The lowest BCUT2D eigenvalue weighted by Crippen LogP contribution is -2.33. The third-order valence-electron chi connectivity index (χ3n) is 2.78. The molecule has 0 aliphatic rings. The third-order valence-corrected chi connectivity index (χ3v) is 2.78. The molecule has 0 spiro atoms. The summed E-state index contributed by atoms with van der Waals surface area (Å²) in [6.07, 6.45) is 1.22. The van der Waals surface area contributed by atoms with Gasteiger partial charge in [-0.25, -0.2) is 9.59 Å². The molecule has 5 heteroatoms. The number of benzene rings is 1. The van der Waals surface area contributed by atoms with Crippen LogP contribution < -0.4 is 5.32 Å². The number of esters is 1. The molecule has 0 aromatic heterocycles. The van der Waals surface area contributed by atoms with Crippen LogP contribution in [0.25, 0.3) is 0 Å². The van der Waals surface area contributed by atoms with Gasteiger partial charge in [-0.3, -0.25) is 0 Å². The second kappa shape index (κ2) is 8.41. The molecular formula is C17H25NO4. The first-order valence-corrected chi connectivity index (χ1v) is 7.54. The van der Waals surface area contributed by atoms with E-state index < -0.39 is 11.7 Å². The zero-order chi connectivity index (χ0) is 16.6. The smallest absolute Gasteiger partial charge is 0.407 e. The van der Waals surface area contributed by atoms with Crippen molar-refractivity contribution in [2.75, 3.05) is 13.2 Å². The maximum Gasteiger partial charge on any atom is 0.407 e. The van der Waals surface area contributed by atoms with Crippen LogP contribution in [0.4, 0.5) is 4.79 Å². The first-order chi connectivity index (χ1) is 10.3. The Balaban J connectivity index is 2.31. The highest BCUT2D eigenvalue weighted by molar-refractivity contribution is 5.89. The van der Waals surface area contributed by atoms with E-state index in [0.717, 1.165) is 18.4 Å². The van der Waals surface area contributed by atoms with Crippen molar-refractivity contribution in [3.63, 3.8) is 0 Å². The fourth-order valence-corrected chi connectivity index (χ4v) is 1.82. The predicted octanol–water partition coefficient (Wildman–Crippen LogP) is 3.32. The van der Waals surface area contributed by atoms with E-state index >= 15 is 0 Å². The lowest BCUT2D eigenvalue weighted by molar-refractivity contribution is 0.0516. The number of nitrogens with one attached hydrogen (secondary N) is 1. The maximum atomic E-state index is 11.5. The summed E-state index contributed by atoms with van der Waals surface area (Å²) in [5.41, 5.74) is 1.18. The molecule has 0 unspecified atom stereocenters. The van der Waals surface area contributed by atoms with Crippen LogP contribution in [0.5, 0.6) is 0 Å². The highest BCUT2D eigenvalue weighted by Crippen LogP contribution is 2.09. The Morgan fingerprint density at radius 2 is 1.77 bits per heavy atom. The van der Waals surface area contributed by atoms with Gasteiger partial charge < -0.3 is 14.8 Å². The molecule has 5 nitrogen and oxygen atoms in total. The first-order valence-electron chi connectivity index (χ1n) is 7.54. The molecular weight excluding hydrogens is 282 g/mol. The van der Waals surface area contributed by atoms with Gasteiger partial charge in [0.2, 0.25) is 0 Å². The molecule has 1 N–H and O–H groups in total. The SMILES string of the molecule is CCOC(=O)c1ccc(CCCNC(=O)OC(C)(C)C)cc1. The molecule has 1 aromatic carbocycles. The van der Waals surface area contributed by atoms with Crippen LogP contribution in [-0.4, -0.2) is 30.8 Å². The summed E-state index contributed by atoms with van der Waals surface area (Å²) in [4.78, 5) is 23.0. The highest BCUT2D eigenvalue weighted by Gasteiger charge is 2.15. The molecule has 0 saturated heterocycles. The Morgan fingerprint density at radius 3 is 2.32 bits per heavy atom. The summed E-state index contributed by atoms with van der Waals surface area (Å²) >= 11 is 0. The van der Waals surface area contributed by atoms with Gasteiger partial charge in [0.05, 0.1) is 12.2 Å². The lowest BCUT2D eigenvalue weighted by atomic mass is 10.1. The summed E-state index contributed by atoms with van der Waals surface area (Å²) in [5.74, 6) is -0.305. The lowest BCUT2D eigenvalue weighted by Gasteiger charge is -2.19. The molecule has 0 fully saturated rings. The third kappa shape index (κ3) is 7.11. The van der Waals surface area contributed by atoms with Gasteiger partial charge in [-0.05, 0) is 58.2 Å². The van der Waals surface area contributed by atoms with Crippen molar-refractivity contribution in [3.8, 4) is 0 Å². The maximum absolute atomic E-state index is 11.5.